The van der Waals surface area contributed by atoms with E-state index in [1.165, 1.54) is 10.9 Å². The van der Waals surface area contributed by atoms with E-state index in [0.29, 0.717) is 0 Å². The van der Waals surface area contributed by atoms with Gasteiger partial charge in [-0.15, -0.1) is 0 Å². The fraction of sp³-hybridized carbons (Fsp3) is 0.286. The van der Waals surface area contributed by atoms with Crippen molar-refractivity contribution >= 4 is 17.5 Å². The number of carbonyl (C=O) groups is 2. The summed E-state index contributed by atoms with van der Waals surface area (Å²) in [4.78, 5) is 21.6. The average molecular weight is 197 g/mol. The number of nitrogens with two attached hydrogens (primary N) is 3. The van der Waals surface area contributed by atoms with Gasteiger partial charge >= 0.3 is 0 Å². The van der Waals surface area contributed by atoms with Gasteiger partial charge in [0.05, 0.1) is 5.69 Å². The predicted molar refractivity (Wildman–Crippen MR) is 49.1 cm³/mol. The second-order valence-electron chi connectivity index (χ2n) is 2.86. The van der Waals surface area contributed by atoms with Gasteiger partial charge in [-0.2, -0.15) is 5.10 Å². The Morgan fingerprint density at radius 3 is 2.43 bits per heavy atom. The number of anilines is 1. The Balaban J connectivity index is 3.08. The Kier molecular flexibility index (Phi) is 2.41. The molecule has 7 nitrogen and oxygen atoms in total. The molecule has 1 heterocycles. The van der Waals surface area contributed by atoms with Crippen molar-refractivity contribution in [2.75, 3.05) is 5.73 Å². The number of aromatic nitrogens is 2. The molecule has 1 aromatic rings. The summed E-state index contributed by atoms with van der Waals surface area (Å²) in [6, 6.07) is -0.662. The van der Waals surface area contributed by atoms with Gasteiger partial charge in [-0.3, -0.25) is 14.3 Å². The highest BCUT2D eigenvalue weighted by Crippen LogP contribution is 2.12. The Hall–Kier alpha value is -2.05. The molecule has 0 aliphatic carbocycles. The molecule has 0 bridgehead atoms. The van der Waals surface area contributed by atoms with Crippen LogP contribution in [0.5, 0.6) is 0 Å². The molecule has 1 unspecified atom stereocenters. The van der Waals surface area contributed by atoms with Gasteiger partial charge in [0.25, 0.3) is 5.91 Å². The zero-order chi connectivity index (χ0) is 10.9. The smallest absolute Gasteiger partial charge is 0.271 e. The normalized spacial score (nSPS) is 12.4. The fourth-order valence-corrected chi connectivity index (χ4v) is 0.926. The Morgan fingerprint density at radius 2 is 2.07 bits per heavy atom. The number of nitrogens with zero attached hydrogens (tertiary/aromatic N) is 2. The lowest BCUT2D eigenvalue weighted by atomic mass is 10.3. The van der Waals surface area contributed by atoms with Crippen LogP contribution in [0.2, 0.25) is 0 Å². The number of nitrogen functional groups attached to an aromatic ring is 1. The van der Waals surface area contributed by atoms with Gasteiger partial charge in [0.2, 0.25) is 5.91 Å². The molecule has 0 radical (unpaired) electrons. The van der Waals surface area contributed by atoms with E-state index in [9.17, 15) is 9.59 Å². The van der Waals surface area contributed by atoms with Crippen molar-refractivity contribution < 1.29 is 9.59 Å². The molecule has 0 aliphatic heterocycles. The first-order valence-corrected chi connectivity index (χ1v) is 3.87. The van der Waals surface area contributed by atoms with Crippen molar-refractivity contribution in [2.45, 2.75) is 13.0 Å². The van der Waals surface area contributed by atoms with Crippen molar-refractivity contribution in [3.8, 4) is 0 Å². The molecule has 0 saturated heterocycles. The first kappa shape index (κ1) is 10.0. The summed E-state index contributed by atoms with van der Waals surface area (Å²) in [5, 5.41) is 3.75. The van der Waals surface area contributed by atoms with E-state index in [0.717, 1.165) is 0 Å². The first-order valence-electron chi connectivity index (χ1n) is 3.87. The lowest BCUT2D eigenvalue weighted by Crippen LogP contribution is -2.24. The van der Waals surface area contributed by atoms with Crippen LogP contribution in [0.15, 0.2) is 6.20 Å². The molecular formula is C7H11N5O2. The van der Waals surface area contributed by atoms with Crippen LogP contribution in [0.3, 0.4) is 0 Å². The van der Waals surface area contributed by atoms with Crippen molar-refractivity contribution in [2.24, 2.45) is 11.5 Å². The number of rotatable bonds is 3. The highest BCUT2D eigenvalue weighted by atomic mass is 16.2. The molecular weight excluding hydrogens is 186 g/mol. The standard InChI is InChI=1S/C7H11N5O2/c1-3(6(9)13)12-2-4(8)5(11-12)7(10)14/h2-3H,8H2,1H3,(H2,9,13)(H2,10,14). The van der Waals surface area contributed by atoms with E-state index in [-0.39, 0.29) is 11.4 Å². The van der Waals surface area contributed by atoms with E-state index in [4.69, 9.17) is 17.2 Å². The molecule has 1 rings (SSSR count). The van der Waals surface area contributed by atoms with E-state index < -0.39 is 17.9 Å². The van der Waals surface area contributed by atoms with Crippen molar-refractivity contribution in [1.29, 1.82) is 0 Å². The van der Waals surface area contributed by atoms with Crippen molar-refractivity contribution in [3.63, 3.8) is 0 Å². The van der Waals surface area contributed by atoms with Crippen LogP contribution < -0.4 is 17.2 Å². The molecule has 7 heteroatoms. The van der Waals surface area contributed by atoms with Gasteiger partial charge in [-0.1, -0.05) is 0 Å². The largest absolute Gasteiger partial charge is 0.396 e. The second kappa shape index (κ2) is 3.36. The third kappa shape index (κ3) is 1.65. The lowest BCUT2D eigenvalue weighted by molar-refractivity contribution is -0.120. The quantitative estimate of drug-likeness (QED) is 0.550. The molecule has 0 spiro atoms. The zero-order valence-corrected chi connectivity index (χ0v) is 7.60. The van der Waals surface area contributed by atoms with Crippen LogP contribution >= 0.6 is 0 Å². The predicted octanol–water partition coefficient (Wildman–Crippen LogP) is -1.39. The van der Waals surface area contributed by atoms with Crippen LogP contribution in [0.25, 0.3) is 0 Å². The Morgan fingerprint density at radius 1 is 1.50 bits per heavy atom. The van der Waals surface area contributed by atoms with E-state index >= 15 is 0 Å². The van der Waals surface area contributed by atoms with Crippen LogP contribution in [-0.2, 0) is 4.79 Å². The monoisotopic (exact) mass is 197 g/mol. The molecule has 0 fully saturated rings. The first-order chi connectivity index (χ1) is 6.43. The SMILES string of the molecule is CC(C(N)=O)n1cc(N)c(C(N)=O)n1. The summed E-state index contributed by atoms with van der Waals surface area (Å²) in [6.07, 6.45) is 1.34. The Bertz CT molecular complexity index is 383. The molecule has 2 amide bonds. The Labute approximate surface area is 79.8 Å². The fourth-order valence-electron chi connectivity index (χ4n) is 0.926. The maximum Gasteiger partial charge on any atom is 0.271 e. The summed E-state index contributed by atoms with van der Waals surface area (Å²) in [5.41, 5.74) is 15.6. The maximum atomic E-state index is 10.8. The van der Waals surface area contributed by atoms with Gasteiger partial charge in [0.15, 0.2) is 5.69 Å². The number of carbonyl (C=O) groups excluding carboxylic acids is 2. The number of hydrogen-bond donors (Lipinski definition) is 3. The highest BCUT2D eigenvalue weighted by Gasteiger charge is 2.17. The van der Waals surface area contributed by atoms with Crippen LogP contribution in [-0.4, -0.2) is 21.6 Å². The van der Waals surface area contributed by atoms with Gasteiger partial charge in [0, 0.05) is 6.20 Å². The van der Waals surface area contributed by atoms with Gasteiger partial charge < -0.3 is 17.2 Å². The van der Waals surface area contributed by atoms with Crippen molar-refractivity contribution in [3.05, 3.63) is 11.9 Å². The van der Waals surface area contributed by atoms with Gasteiger partial charge in [-0.25, -0.2) is 0 Å². The molecule has 76 valence electrons. The third-order valence-electron chi connectivity index (χ3n) is 1.80. The minimum Gasteiger partial charge on any atom is -0.396 e. The summed E-state index contributed by atoms with van der Waals surface area (Å²) in [7, 11) is 0. The number of hydrogen-bond acceptors (Lipinski definition) is 4. The minimum atomic E-state index is -0.738. The molecule has 0 aromatic carbocycles. The van der Waals surface area contributed by atoms with Crippen molar-refractivity contribution in [1.82, 2.24) is 9.78 Å². The lowest BCUT2D eigenvalue weighted by Gasteiger charge is -2.05. The maximum absolute atomic E-state index is 10.8. The molecule has 14 heavy (non-hydrogen) atoms. The van der Waals surface area contributed by atoms with Crippen LogP contribution in [0, 0.1) is 0 Å². The van der Waals surface area contributed by atoms with E-state index in [1.54, 1.807) is 6.92 Å². The number of amides is 2. The van der Waals surface area contributed by atoms with Gasteiger partial charge in [-0.05, 0) is 6.92 Å². The molecule has 1 aromatic heterocycles. The summed E-state index contributed by atoms with van der Waals surface area (Å²) >= 11 is 0. The van der Waals surface area contributed by atoms with E-state index in [1.807, 2.05) is 0 Å². The molecule has 6 N–H and O–H groups in total. The number of primary amides is 2. The topological polar surface area (TPSA) is 130 Å². The summed E-state index contributed by atoms with van der Waals surface area (Å²) in [6.45, 7) is 1.54. The molecule has 0 aliphatic rings. The zero-order valence-electron chi connectivity index (χ0n) is 7.60. The van der Waals surface area contributed by atoms with Crippen LogP contribution in [0.1, 0.15) is 23.5 Å². The second-order valence-corrected chi connectivity index (χ2v) is 2.86. The molecule has 0 saturated carbocycles. The van der Waals surface area contributed by atoms with E-state index in [2.05, 4.69) is 5.10 Å². The van der Waals surface area contributed by atoms with Gasteiger partial charge in [0.1, 0.15) is 6.04 Å². The average Bonchev–Trinajstić information content (AvgIpc) is 2.45. The summed E-state index contributed by atoms with van der Waals surface area (Å²) < 4.78 is 1.21. The minimum absolute atomic E-state index is 0.0573. The molecule has 1 atom stereocenters. The van der Waals surface area contributed by atoms with Crippen LogP contribution in [0.4, 0.5) is 5.69 Å². The summed E-state index contributed by atoms with van der Waals surface area (Å²) in [5.74, 6) is -1.30. The highest BCUT2D eigenvalue weighted by molar-refractivity contribution is 5.95. The third-order valence-corrected chi connectivity index (χ3v) is 1.80.